The van der Waals surface area contributed by atoms with Gasteiger partial charge in [0.25, 0.3) is 0 Å². The van der Waals surface area contributed by atoms with Gasteiger partial charge in [-0.25, -0.2) is 0 Å². The number of nitrogens with two attached hydrogens (primary N) is 1. The van der Waals surface area contributed by atoms with Crippen molar-refractivity contribution < 1.29 is 5.11 Å². The molecule has 4 heteroatoms. The van der Waals surface area contributed by atoms with Crippen LogP contribution in [0.3, 0.4) is 0 Å². The SMILES string of the molecule is CN(CC1CC(O)C1)c1ccc(C(N)=S)cc1. The zero-order valence-corrected chi connectivity index (χ0v) is 10.8. The van der Waals surface area contributed by atoms with Gasteiger partial charge in [0.05, 0.1) is 6.10 Å². The molecule has 3 N–H and O–H groups in total. The Labute approximate surface area is 107 Å². The van der Waals surface area contributed by atoms with E-state index in [1.165, 1.54) is 0 Å². The first kappa shape index (κ1) is 12.3. The third kappa shape index (κ3) is 2.96. The molecule has 17 heavy (non-hydrogen) atoms. The standard InChI is InChI=1S/C13H18N2OS/c1-15(8-9-6-12(16)7-9)11-4-2-10(3-5-11)13(14)17/h2-5,9,12,16H,6-8H2,1H3,(H2,14,17). The Bertz CT molecular complexity index is 398. The van der Waals surface area contributed by atoms with Crippen molar-refractivity contribution >= 4 is 22.9 Å². The molecule has 3 nitrogen and oxygen atoms in total. The highest BCUT2D eigenvalue weighted by molar-refractivity contribution is 7.80. The summed E-state index contributed by atoms with van der Waals surface area (Å²) in [7, 11) is 2.07. The topological polar surface area (TPSA) is 49.5 Å². The van der Waals surface area contributed by atoms with Crippen LogP contribution in [-0.4, -0.2) is 29.8 Å². The minimum atomic E-state index is -0.0783. The number of hydrogen-bond acceptors (Lipinski definition) is 3. The van der Waals surface area contributed by atoms with E-state index in [1.54, 1.807) is 0 Å². The zero-order chi connectivity index (χ0) is 12.4. The summed E-state index contributed by atoms with van der Waals surface area (Å²) in [6, 6.07) is 7.96. The molecule has 1 aromatic carbocycles. The monoisotopic (exact) mass is 250 g/mol. The van der Waals surface area contributed by atoms with Crippen molar-refractivity contribution in [3.05, 3.63) is 29.8 Å². The van der Waals surface area contributed by atoms with Crippen LogP contribution in [0.2, 0.25) is 0 Å². The van der Waals surface area contributed by atoms with Crippen LogP contribution < -0.4 is 10.6 Å². The van der Waals surface area contributed by atoms with Crippen LogP contribution in [-0.2, 0) is 0 Å². The first-order valence-corrected chi connectivity index (χ1v) is 6.26. The minimum Gasteiger partial charge on any atom is -0.393 e. The van der Waals surface area contributed by atoms with Gasteiger partial charge in [0.2, 0.25) is 0 Å². The summed E-state index contributed by atoms with van der Waals surface area (Å²) < 4.78 is 0. The molecule has 0 radical (unpaired) electrons. The number of rotatable bonds is 4. The van der Waals surface area contributed by atoms with E-state index in [-0.39, 0.29) is 6.10 Å². The summed E-state index contributed by atoms with van der Waals surface area (Å²) in [4.78, 5) is 2.64. The summed E-state index contributed by atoms with van der Waals surface area (Å²) in [5.74, 6) is 0.616. The maximum Gasteiger partial charge on any atom is 0.103 e. The van der Waals surface area contributed by atoms with Gasteiger partial charge in [0.15, 0.2) is 0 Å². The zero-order valence-electron chi connectivity index (χ0n) is 9.97. The molecule has 1 saturated carbocycles. The van der Waals surface area contributed by atoms with E-state index >= 15 is 0 Å². The van der Waals surface area contributed by atoms with Crippen LogP contribution in [0.25, 0.3) is 0 Å². The Kier molecular flexibility index (Phi) is 3.64. The first-order valence-electron chi connectivity index (χ1n) is 5.85. The first-order chi connectivity index (χ1) is 8.06. The van der Waals surface area contributed by atoms with Gasteiger partial charge < -0.3 is 15.7 Å². The molecule has 1 aliphatic rings. The number of benzene rings is 1. The lowest BCUT2D eigenvalue weighted by Crippen LogP contribution is -2.37. The predicted molar refractivity (Wildman–Crippen MR) is 74.3 cm³/mol. The van der Waals surface area contributed by atoms with E-state index in [2.05, 4.69) is 11.9 Å². The van der Waals surface area contributed by atoms with Gasteiger partial charge in [-0.05, 0) is 43.0 Å². The summed E-state index contributed by atoms with van der Waals surface area (Å²) in [6.45, 7) is 0.990. The Morgan fingerprint density at radius 2 is 2.00 bits per heavy atom. The Morgan fingerprint density at radius 3 is 2.47 bits per heavy atom. The number of aliphatic hydroxyl groups excluding tert-OH is 1. The third-order valence-corrected chi connectivity index (χ3v) is 3.57. The van der Waals surface area contributed by atoms with Gasteiger partial charge in [-0.1, -0.05) is 12.2 Å². The fourth-order valence-corrected chi connectivity index (χ4v) is 2.36. The Hall–Kier alpha value is -1.13. The van der Waals surface area contributed by atoms with Crippen LogP contribution in [0.4, 0.5) is 5.69 Å². The van der Waals surface area contributed by atoms with Crippen LogP contribution >= 0.6 is 12.2 Å². The lowest BCUT2D eigenvalue weighted by atomic mass is 9.82. The molecular weight excluding hydrogens is 232 g/mol. The fraction of sp³-hybridized carbons (Fsp3) is 0.462. The normalized spacial score (nSPS) is 22.9. The van der Waals surface area contributed by atoms with Crippen molar-refractivity contribution in [1.29, 1.82) is 0 Å². The number of hydrogen-bond donors (Lipinski definition) is 2. The molecule has 1 aromatic rings. The second-order valence-electron chi connectivity index (χ2n) is 4.78. The van der Waals surface area contributed by atoms with Crippen molar-refractivity contribution in [2.24, 2.45) is 11.7 Å². The lowest BCUT2D eigenvalue weighted by molar-refractivity contribution is 0.0465. The lowest BCUT2D eigenvalue weighted by Gasteiger charge is -2.35. The molecule has 0 spiro atoms. The molecule has 0 saturated heterocycles. The summed E-state index contributed by atoms with van der Waals surface area (Å²) in [5.41, 5.74) is 7.61. The van der Waals surface area contributed by atoms with Gasteiger partial charge in [-0.2, -0.15) is 0 Å². The molecule has 92 valence electrons. The van der Waals surface area contributed by atoms with Crippen LogP contribution in [0.1, 0.15) is 18.4 Å². The average molecular weight is 250 g/mol. The highest BCUT2D eigenvalue weighted by Crippen LogP contribution is 2.29. The summed E-state index contributed by atoms with van der Waals surface area (Å²) >= 11 is 4.92. The molecule has 2 rings (SSSR count). The van der Waals surface area contributed by atoms with Gasteiger partial charge in [-0.15, -0.1) is 0 Å². The van der Waals surface area contributed by atoms with Crippen LogP contribution in [0, 0.1) is 5.92 Å². The highest BCUT2D eigenvalue weighted by Gasteiger charge is 2.27. The van der Waals surface area contributed by atoms with Crippen molar-refractivity contribution in [3.63, 3.8) is 0 Å². The van der Waals surface area contributed by atoms with Gasteiger partial charge >= 0.3 is 0 Å². The Morgan fingerprint density at radius 1 is 1.41 bits per heavy atom. The van der Waals surface area contributed by atoms with Gasteiger partial charge in [0.1, 0.15) is 4.99 Å². The smallest absolute Gasteiger partial charge is 0.103 e. The van der Waals surface area contributed by atoms with Crippen LogP contribution in [0.5, 0.6) is 0 Å². The molecular formula is C13H18N2OS. The second-order valence-corrected chi connectivity index (χ2v) is 5.22. The second kappa shape index (κ2) is 5.02. The van der Waals surface area contributed by atoms with Crippen LogP contribution in [0.15, 0.2) is 24.3 Å². The van der Waals surface area contributed by atoms with Crippen molar-refractivity contribution in [1.82, 2.24) is 0 Å². The number of anilines is 1. The van der Waals surface area contributed by atoms with Crippen molar-refractivity contribution in [2.75, 3.05) is 18.5 Å². The maximum atomic E-state index is 9.25. The van der Waals surface area contributed by atoms with E-state index in [1.807, 2.05) is 24.3 Å². The molecule has 0 aliphatic heterocycles. The largest absolute Gasteiger partial charge is 0.393 e. The van der Waals surface area contributed by atoms with E-state index in [0.29, 0.717) is 10.9 Å². The average Bonchev–Trinajstić information content (AvgIpc) is 2.27. The maximum absolute atomic E-state index is 9.25. The van der Waals surface area contributed by atoms with E-state index in [0.717, 1.165) is 30.6 Å². The fourth-order valence-electron chi connectivity index (χ4n) is 2.22. The molecule has 0 bridgehead atoms. The molecule has 0 unspecified atom stereocenters. The number of thiocarbonyl (C=S) groups is 1. The van der Waals surface area contributed by atoms with Crippen molar-refractivity contribution in [3.8, 4) is 0 Å². The molecule has 0 heterocycles. The van der Waals surface area contributed by atoms with E-state index < -0.39 is 0 Å². The molecule has 0 aromatic heterocycles. The van der Waals surface area contributed by atoms with Gasteiger partial charge in [0, 0.05) is 24.8 Å². The Balaban J connectivity index is 1.94. The number of nitrogens with zero attached hydrogens (tertiary/aromatic N) is 1. The minimum absolute atomic E-state index is 0.0783. The van der Waals surface area contributed by atoms with Gasteiger partial charge in [-0.3, -0.25) is 0 Å². The van der Waals surface area contributed by atoms with Crippen molar-refractivity contribution in [2.45, 2.75) is 18.9 Å². The summed E-state index contributed by atoms with van der Waals surface area (Å²) in [5, 5.41) is 9.25. The third-order valence-electron chi connectivity index (χ3n) is 3.34. The van der Waals surface area contributed by atoms with E-state index in [9.17, 15) is 5.11 Å². The number of aliphatic hydroxyl groups is 1. The molecule has 1 aliphatic carbocycles. The predicted octanol–water partition coefficient (Wildman–Crippen LogP) is 1.53. The van der Waals surface area contributed by atoms with E-state index in [4.69, 9.17) is 18.0 Å². The molecule has 0 atom stereocenters. The molecule has 0 amide bonds. The highest BCUT2D eigenvalue weighted by atomic mass is 32.1. The summed E-state index contributed by atoms with van der Waals surface area (Å²) in [6.07, 6.45) is 1.77. The molecule has 1 fully saturated rings. The quantitative estimate of drug-likeness (QED) is 0.796.